The monoisotopic (exact) mass is 431 g/mol. The van der Waals surface area contributed by atoms with Crippen LogP contribution in [-0.2, 0) is 4.74 Å². The summed E-state index contributed by atoms with van der Waals surface area (Å²) < 4.78 is 6.46. The number of hydrogen-bond acceptors (Lipinski definition) is 6. The van der Waals surface area contributed by atoms with Crippen LogP contribution in [0.5, 0.6) is 0 Å². The van der Waals surface area contributed by atoms with Crippen molar-refractivity contribution in [2.45, 2.75) is 26.2 Å². The van der Waals surface area contributed by atoms with Crippen LogP contribution in [0.15, 0.2) is 48.5 Å². The number of nitrogens with one attached hydrogen (secondary N) is 1. The summed E-state index contributed by atoms with van der Waals surface area (Å²) in [7, 11) is 1.33. The zero-order valence-corrected chi connectivity index (χ0v) is 18.1. The molecule has 0 bridgehead atoms. The molecule has 32 heavy (non-hydrogen) atoms. The van der Waals surface area contributed by atoms with Gasteiger partial charge in [-0.3, -0.25) is 9.36 Å². The molecule has 1 amide bonds. The molecule has 2 heterocycles. The predicted octanol–water partition coefficient (Wildman–Crippen LogP) is 3.86. The van der Waals surface area contributed by atoms with Crippen molar-refractivity contribution in [2.75, 3.05) is 19.4 Å². The van der Waals surface area contributed by atoms with Crippen molar-refractivity contribution >= 4 is 39.9 Å². The summed E-state index contributed by atoms with van der Waals surface area (Å²) in [4.78, 5) is 34.3. The summed E-state index contributed by atoms with van der Waals surface area (Å²) in [5.41, 5.74) is 10.2. The molecule has 8 nitrogen and oxygen atoms in total. The van der Waals surface area contributed by atoms with E-state index in [9.17, 15) is 9.59 Å². The maximum absolute atomic E-state index is 13.1. The van der Waals surface area contributed by atoms with Crippen molar-refractivity contribution in [2.24, 2.45) is 0 Å². The largest absolute Gasteiger partial charge is 0.465 e. The van der Waals surface area contributed by atoms with Crippen molar-refractivity contribution in [1.82, 2.24) is 19.9 Å². The van der Waals surface area contributed by atoms with Crippen LogP contribution in [0.2, 0.25) is 0 Å². The summed E-state index contributed by atoms with van der Waals surface area (Å²) >= 11 is 0. The average Bonchev–Trinajstić information content (AvgIpc) is 3.10. The van der Waals surface area contributed by atoms with Gasteiger partial charge in [-0.25, -0.2) is 14.8 Å². The molecule has 2 aromatic heterocycles. The van der Waals surface area contributed by atoms with E-state index in [0.717, 1.165) is 19.3 Å². The number of amides is 1. The second-order valence-electron chi connectivity index (χ2n) is 7.48. The highest BCUT2D eigenvalue weighted by molar-refractivity contribution is 6.11. The van der Waals surface area contributed by atoms with Gasteiger partial charge < -0.3 is 15.8 Å². The Morgan fingerprint density at radius 3 is 2.38 bits per heavy atom. The lowest BCUT2D eigenvalue weighted by molar-refractivity contribution is 0.0600. The minimum atomic E-state index is -0.431. The second kappa shape index (κ2) is 9.05. The number of anilines is 1. The molecule has 0 aliphatic rings. The van der Waals surface area contributed by atoms with Crippen LogP contribution < -0.4 is 11.1 Å². The fraction of sp³-hybridized carbons (Fsp3) is 0.250. The highest BCUT2D eigenvalue weighted by Crippen LogP contribution is 2.31. The molecule has 0 aliphatic carbocycles. The van der Waals surface area contributed by atoms with E-state index in [4.69, 9.17) is 20.4 Å². The summed E-state index contributed by atoms with van der Waals surface area (Å²) in [5.74, 6) is -0.466. The first-order valence-corrected chi connectivity index (χ1v) is 10.6. The number of hydrogen-bond donors (Lipinski definition) is 2. The molecule has 164 valence electrons. The molecule has 4 aromatic rings. The molecule has 0 unspecified atom stereocenters. The number of carbonyl (C=O) groups is 2. The van der Waals surface area contributed by atoms with Crippen LogP contribution in [-0.4, -0.2) is 40.1 Å². The number of nitrogens with zero attached hydrogens (tertiary/aromatic N) is 3. The highest BCUT2D eigenvalue weighted by Gasteiger charge is 2.24. The average molecular weight is 431 g/mol. The Balaban J connectivity index is 1.86. The maximum Gasteiger partial charge on any atom is 0.337 e. The number of fused-ring (bicyclic) bond motifs is 2. The number of unbranched alkanes of at least 4 members (excludes halogenated alkanes) is 2. The highest BCUT2D eigenvalue weighted by atomic mass is 16.5. The van der Waals surface area contributed by atoms with Crippen LogP contribution in [0.1, 0.15) is 46.9 Å². The summed E-state index contributed by atoms with van der Waals surface area (Å²) in [6.45, 7) is 2.67. The first-order chi connectivity index (χ1) is 15.5. The molecule has 0 aliphatic heterocycles. The lowest BCUT2D eigenvalue weighted by Crippen LogP contribution is -2.25. The normalized spacial score (nSPS) is 11.1. The van der Waals surface area contributed by atoms with Crippen molar-refractivity contribution in [3.63, 3.8) is 0 Å². The minimum absolute atomic E-state index is 0.245. The van der Waals surface area contributed by atoms with Gasteiger partial charge in [0.05, 0.1) is 23.7 Å². The number of aromatic nitrogens is 3. The molecule has 0 spiro atoms. The van der Waals surface area contributed by atoms with E-state index in [1.54, 1.807) is 28.8 Å². The molecule has 0 fully saturated rings. The number of methoxy groups -OCH3 is 1. The molecule has 2 aromatic carbocycles. The van der Waals surface area contributed by atoms with Crippen LogP contribution in [0.3, 0.4) is 0 Å². The van der Waals surface area contributed by atoms with Gasteiger partial charge in [-0.05, 0) is 42.8 Å². The third-order valence-electron chi connectivity index (χ3n) is 5.34. The molecule has 4 rings (SSSR count). The summed E-state index contributed by atoms with van der Waals surface area (Å²) in [6.07, 6.45) is 3.00. The molecule has 3 N–H and O–H groups in total. The Kier molecular flexibility index (Phi) is 6.02. The molecular formula is C24H25N5O3. The number of nitrogens with two attached hydrogens (primary N) is 1. The van der Waals surface area contributed by atoms with Crippen molar-refractivity contribution in [1.29, 1.82) is 0 Å². The van der Waals surface area contributed by atoms with E-state index in [-0.39, 0.29) is 11.7 Å². The Morgan fingerprint density at radius 1 is 1.03 bits per heavy atom. The smallest absolute Gasteiger partial charge is 0.337 e. The maximum atomic E-state index is 13.1. The number of benzene rings is 2. The van der Waals surface area contributed by atoms with Gasteiger partial charge in [0.25, 0.3) is 5.91 Å². The Morgan fingerprint density at radius 2 is 1.72 bits per heavy atom. The van der Waals surface area contributed by atoms with Gasteiger partial charge in [0.2, 0.25) is 0 Å². The van der Waals surface area contributed by atoms with Crippen LogP contribution in [0, 0.1) is 0 Å². The Hall–Kier alpha value is -3.94. The van der Waals surface area contributed by atoms with Gasteiger partial charge in [0.15, 0.2) is 5.65 Å². The zero-order chi connectivity index (χ0) is 22.7. The van der Waals surface area contributed by atoms with Gasteiger partial charge in [-0.1, -0.05) is 31.9 Å². The van der Waals surface area contributed by atoms with E-state index < -0.39 is 5.97 Å². The lowest BCUT2D eigenvalue weighted by Gasteiger charge is -2.09. The third-order valence-corrected chi connectivity index (χ3v) is 5.34. The number of rotatable bonds is 7. The van der Waals surface area contributed by atoms with Crippen LogP contribution >= 0.6 is 0 Å². The van der Waals surface area contributed by atoms with Crippen molar-refractivity contribution < 1.29 is 14.3 Å². The number of nitrogen functional groups attached to an aromatic ring is 1. The van der Waals surface area contributed by atoms with E-state index in [1.165, 1.54) is 7.11 Å². The number of esters is 1. The first kappa shape index (κ1) is 21.3. The van der Waals surface area contributed by atoms with Gasteiger partial charge in [-0.15, -0.1) is 0 Å². The molecule has 0 saturated carbocycles. The number of carbonyl (C=O) groups excluding carboxylic acids is 2. The molecular weight excluding hydrogens is 406 g/mol. The van der Waals surface area contributed by atoms with E-state index in [0.29, 0.717) is 45.6 Å². The predicted molar refractivity (Wildman–Crippen MR) is 124 cm³/mol. The van der Waals surface area contributed by atoms with Crippen LogP contribution in [0.4, 0.5) is 5.82 Å². The fourth-order valence-corrected chi connectivity index (χ4v) is 3.68. The molecule has 0 atom stereocenters. The van der Waals surface area contributed by atoms with Gasteiger partial charge in [0.1, 0.15) is 16.9 Å². The number of para-hydroxylation sites is 2. The third kappa shape index (κ3) is 3.87. The quantitative estimate of drug-likeness (QED) is 0.339. The molecule has 8 heteroatoms. The minimum Gasteiger partial charge on any atom is -0.465 e. The molecule has 0 radical (unpaired) electrons. The molecule has 0 saturated heterocycles. The van der Waals surface area contributed by atoms with E-state index in [2.05, 4.69) is 12.2 Å². The van der Waals surface area contributed by atoms with Crippen LogP contribution in [0.25, 0.3) is 27.9 Å². The van der Waals surface area contributed by atoms with E-state index >= 15 is 0 Å². The first-order valence-electron chi connectivity index (χ1n) is 10.6. The fourth-order valence-electron chi connectivity index (χ4n) is 3.68. The zero-order valence-electron chi connectivity index (χ0n) is 18.1. The van der Waals surface area contributed by atoms with Crippen molar-refractivity contribution in [3.8, 4) is 5.69 Å². The van der Waals surface area contributed by atoms with Gasteiger partial charge >= 0.3 is 5.97 Å². The number of ether oxygens (including phenoxy) is 1. The standard InChI is InChI=1S/C24H25N5O3/c1-3-4-7-14-26-23(30)19-20-22(28-18-9-6-5-8-17(18)27-20)29(21(19)25)16-12-10-15(11-13-16)24(31)32-2/h5-6,8-13H,3-4,7,14,25H2,1-2H3,(H,26,30). The summed E-state index contributed by atoms with van der Waals surface area (Å²) in [6, 6.07) is 14.2. The van der Waals surface area contributed by atoms with Gasteiger partial charge in [0, 0.05) is 12.2 Å². The topological polar surface area (TPSA) is 112 Å². The van der Waals surface area contributed by atoms with E-state index in [1.807, 2.05) is 24.3 Å². The Bertz CT molecular complexity index is 1290. The summed E-state index contributed by atoms with van der Waals surface area (Å²) in [5, 5.41) is 2.95. The SMILES string of the molecule is CCCCCNC(=O)c1c(N)n(-c2ccc(C(=O)OC)cc2)c2nc3ccccc3nc12. The second-order valence-corrected chi connectivity index (χ2v) is 7.48. The Labute approximate surface area is 185 Å². The van der Waals surface area contributed by atoms with Crippen molar-refractivity contribution in [3.05, 3.63) is 59.7 Å². The van der Waals surface area contributed by atoms with Gasteiger partial charge in [-0.2, -0.15) is 0 Å². The lowest BCUT2D eigenvalue weighted by atomic mass is 10.2.